The summed E-state index contributed by atoms with van der Waals surface area (Å²) >= 11 is 0. The van der Waals surface area contributed by atoms with Crippen LogP contribution in [0.25, 0.3) is 0 Å². The van der Waals surface area contributed by atoms with Gasteiger partial charge in [-0.25, -0.2) is 9.18 Å². The highest BCUT2D eigenvalue weighted by atomic mass is 19.1. The largest absolute Gasteiger partial charge is 0.465 e. The molecule has 1 rings (SSSR count). The highest BCUT2D eigenvalue weighted by molar-refractivity contribution is 5.89. The Hall–Kier alpha value is -1.93. The number of ether oxygens (including phenoxy) is 1. The summed E-state index contributed by atoms with van der Waals surface area (Å²) in [6.45, 7) is 5.79. The molecular weight excluding hydrogens is 259 g/mol. The van der Waals surface area contributed by atoms with Crippen molar-refractivity contribution in [3.8, 4) is 6.07 Å². The SMILES string of the molecule is CCN(Cc1ccc(C(=O)OC)c(F)c1)CC(C)C#N. The van der Waals surface area contributed by atoms with Crippen molar-refractivity contribution in [2.24, 2.45) is 5.92 Å². The maximum absolute atomic E-state index is 13.8. The van der Waals surface area contributed by atoms with Crippen LogP contribution in [0.3, 0.4) is 0 Å². The molecule has 0 saturated heterocycles. The zero-order chi connectivity index (χ0) is 15.1. The van der Waals surface area contributed by atoms with E-state index in [1.165, 1.54) is 19.2 Å². The number of nitrogens with zero attached hydrogens (tertiary/aromatic N) is 2. The molecule has 0 amide bonds. The van der Waals surface area contributed by atoms with E-state index >= 15 is 0 Å². The van der Waals surface area contributed by atoms with Crippen LogP contribution in [0, 0.1) is 23.1 Å². The van der Waals surface area contributed by atoms with Crippen LogP contribution in [0.15, 0.2) is 18.2 Å². The van der Waals surface area contributed by atoms with Gasteiger partial charge in [0.2, 0.25) is 0 Å². The Bertz CT molecular complexity index is 511. The van der Waals surface area contributed by atoms with E-state index < -0.39 is 11.8 Å². The number of nitriles is 1. The number of carbonyl (C=O) groups is 1. The number of hydrogen-bond donors (Lipinski definition) is 0. The first-order valence-electron chi connectivity index (χ1n) is 6.50. The third-order valence-electron chi connectivity index (χ3n) is 3.04. The van der Waals surface area contributed by atoms with E-state index in [9.17, 15) is 9.18 Å². The Morgan fingerprint density at radius 3 is 2.75 bits per heavy atom. The van der Waals surface area contributed by atoms with Crippen LogP contribution in [-0.4, -0.2) is 31.1 Å². The molecule has 0 N–H and O–H groups in total. The van der Waals surface area contributed by atoms with Crippen molar-refractivity contribution in [1.29, 1.82) is 5.26 Å². The maximum atomic E-state index is 13.8. The Morgan fingerprint density at radius 1 is 1.55 bits per heavy atom. The highest BCUT2D eigenvalue weighted by Gasteiger charge is 2.14. The third kappa shape index (κ3) is 4.32. The Labute approximate surface area is 118 Å². The summed E-state index contributed by atoms with van der Waals surface area (Å²) in [6, 6.07) is 6.65. The fraction of sp³-hybridized carbons (Fsp3) is 0.467. The van der Waals surface area contributed by atoms with Gasteiger partial charge in [0.05, 0.1) is 24.7 Å². The van der Waals surface area contributed by atoms with Gasteiger partial charge in [0.15, 0.2) is 0 Å². The Balaban J connectivity index is 2.80. The normalized spacial score (nSPS) is 12.0. The second-order valence-electron chi connectivity index (χ2n) is 4.66. The summed E-state index contributed by atoms with van der Waals surface area (Å²) in [6.07, 6.45) is 0. The van der Waals surface area contributed by atoms with Gasteiger partial charge in [0.1, 0.15) is 5.82 Å². The van der Waals surface area contributed by atoms with Gasteiger partial charge < -0.3 is 4.74 Å². The second kappa shape index (κ2) is 7.61. The second-order valence-corrected chi connectivity index (χ2v) is 4.66. The van der Waals surface area contributed by atoms with Crippen LogP contribution in [0.4, 0.5) is 4.39 Å². The lowest BCUT2D eigenvalue weighted by atomic mass is 10.1. The molecular formula is C15H19FN2O2. The summed E-state index contributed by atoms with van der Waals surface area (Å²) in [7, 11) is 1.22. The van der Waals surface area contributed by atoms with Gasteiger partial charge in [-0.05, 0) is 31.2 Å². The first-order valence-corrected chi connectivity index (χ1v) is 6.50. The topological polar surface area (TPSA) is 53.3 Å². The molecule has 5 heteroatoms. The summed E-state index contributed by atoms with van der Waals surface area (Å²) in [4.78, 5) is 13.4. The lowest BCUT2D eigenvalue weighted by Crippen LogP contribution is -2.27. The fourth-order valence-electron chi connectivity index (χ4n) is 1.92. The van der Waals surface area contributed by atoms with Gasteiger partial charge >= 0.3 is 5.97 Å². The number of halogens is 1. The van der Waals surface area contributed by atoms with Crippen molar-refractivity contribution in [2.45, 2.75) is 20.4 Å². The molecule has 0 bridgehead atoms. The lowest BCUT2D eigenvalue weighted by Gasteiger charge is -2.21. The van der Waals surface area contributed by atoms with Crippen LogP contribution in [0.1, 0.15) is 29.8 Å². The lowest BCUT2D eigenvalue weighted by molar-refractivity contribution is 0.0595. The molecule has 1 aromatic rings. The van der Waals surface area contributed by atoms with Crippen molar-refractivity contribution in [3.05, 3.63) is 35.1 Å². The first-order chi connectivity index (χ1) is 9.51. The molecule has 0 aromatic heterocycles. The standard InChI is InChI=1S/C15H19FN2O2/c1-4-18(9-11(2)8-17)10-12-5-6-13(14(16)7-12)15(19)20-3/h5-7,11H,4,9-10H2,1-3H3. The van der Waals surface area contributed by atoms with Gasteiger partial charge in [-0.2, -0.15) is 5.26 Å². The molecule has 1 atom stereocenters. The molecule has 1 aromatic carbocycles. The molecule has 0 aliphatic heterocycles. The third-order valence-corrected chi connectivity index (χ3v) is 3.04. The van der Waals surface area contributed by atoms with E-state index in [2.05, 4.69) is 15.7 Å². The summed E-state index contributed by atoms with van der Waals surface area (Å²) < 4.78 is 18.3. The number of rotatable bonds is 6. The average Bonchev–Trinajstić information content (AvgIpc) is 2.45. The van der Waals surface area contributed by atoms with E-state index in [1.54, 1.807) is 6.07 Å². The van der Waals surface area contributed by atoms with E-state index in [1.807, 2.05) is 13.8 Å². The van der Waals surface area contributed by atoms with Crippen molar-refractivity contribution < 1.29 is 13.9 Å². The van der Waals surface area contributed by atoms with Gasteiger partial charge in [-0.1, -0.05) is 13.0 Å². The molecule has 0 heterocycles. The first kappa shape index (κ1) is 16.1. The molecule has 20 heavy (non-hydrogen) atoms. The van der Waals surface area contributed by atoms with Crippen molar-refractivity contribution in [1.82, 2.24) is 4.90 Å². The van der Waals surface area contributed by atoms with Crippen LogP contribution < -0.4 is 0 Å². The molecule has 108 valence electrons. The van der Waals surface area contributed by atoms with Crippen LogP contribution in [0.2, 0.25) is 0 Å². The average molecular weight is 278 g/mol. The number of benzene rings is 1. The quantitative estimate of drug-likeness (QED) is 0.751. The highest BCUT2D eigenvalue weighted by Crippen LogP contribution is 2.14. The minimum Gasteiger partial charge on any atom is -0.465 e. The predicted molar refractivity (Wildman–Crippen MR) is 73.5 cm³/mol. The van der Waals surface area contributed by atoms with Crippen molar-refractivity contribution in [3.63, 3.8) is 0 Å². The number of methoxy groups -OCH3 is 1. The molecule has 4 nitrogen and oxygen atoms in total. The van der Waals surface area contributed by atoms with Crippen molar-refractivity contribution >= 4 is 5.97 Å². The van der Waals surface area contributed by atoms with Crippen LogP contribution in [0.5, 0.6) is 0 Å². The van der Waals surface area contributed by atoms with E-state index in [0.717, 1.165) is 12.1 Å². The molecule has 0 fully saturated rings. The summed E-state index contributed by atoms with van der Waals surface area (Å²) in [5, 5.41) is 8.83. The van der Waals surface area contributed by atoms with E-state index in [-0.39, 0.29) is 11.5 Å². The molecule has 0 aliphatic carbocycles. The van der Waals surface area contributed by atoms with Gasteiger partial charge in [-0.15, -0.1) is 0 Å². The monoisotopic (exact) mass is 278 g/mol. The smallest absolute Gasteiger partial charge is 0.340 e. The predicted octanol–water partition coefficient (Wildman–Crippen LogP) is 2.59. The Morgan fingerprint density at radius 2 is 2.25 bits per heavy atom. The van der Waals surface area contributed by atoms with Gasteiger partial charge in [-0.3, -0.25) is 4.90 Å². The molecule has 0 saturated carbocycles. The van der Waals surface area contributed by atoms with Gasteiger partial charge in [0, 0.05) is 13.1 Å². The molecule has 1 unspecified atom stereocenters. The minimum atomic E-state index is -0.681. The molecule has 0 radical (unpaired) electrons. The zero-order valence-corrected chi connectivity index (χ0v) is 12.0. The minimum absolute atomic E-state index is 0.0651. The zero-order valence-electron chi connectivity index (χ0n) is 12.0. The van der Waals surface area contributed by atoms with E-state index in [4.69, 9.17) is 5.26 Å². The molecule has 0 spiro atoms. The van der Waals surface area contributed by atoms with Gasteiger partial charge in [0.25, 0.3) is 0 Å². The van der Waals surface area contributed by atoms with Crippen molar-refractivity contribution in [2.75, 3.05) is 20.2 Å². The van der Waals surface area contributed by atoms with Crippen LogP contribution >= 0.6 is 0 Å². The fourth-order valence-corrected chi connectivity index (χ4v) is 1.92. The maximum Gasteiger partial charge on any atom is 0.340 e. The Kier molecular flexibility index (Phi) is 6.13. The van der Waals surface area contributed by atoms with Crippen LogP contribution in [-0.2, 0) is 11.3 Å². The van der Waals surface area contributed by atoms with E-state index in [0.29, 0.717) is 13.1 Å². The molecule has 0 aliphatic rings. The number of hydrogen-bond acceptors (Lipinski definition) is 4. The number of carbonyl (C=O) groups excluding carboxylic acids is 1. The summed E-state index contributed by atoms with van der Waals surface area (Å²) in [5.74, 6) is -1.34. The number of esters is 1. The summed E-state index contributed by atoms with van der Waals surface area (Å²) in [5.41, 5.74) is 0.701.